The molecule has 0 bridgehead atoms. The first-order valence-corrected chi connectivity index (χ1v) is 11.9. The second kappa shape index (κ2) is 9.86. The number of nitrogens with one attached hydrogen (secondary N) is 2. The highest BCUT2D eigenvalue weighted by atomic mass is 32.2. The summed E-state index contributed by atoms with van der Waals surface area (Å²) in [7, 11) is 1.70. The third-order valence-electron chi connectivity index (χ3n) is 6.22. The van der Waals surface area contributed by atoms with Gasteiger partial charge in [-0.1, -0.05) is 19.1 Å². The van der Waals surface area contributed by atoms with Gasteiger partial charge in [-0.3, -0.25) is 4.79 Å². The molecule has 1 saturated heterocycles. The zero-order chi connectivity index (χ0) is 20.9. The molecule has 2 aliphatic rings. The van der Waals surface area contributed by atoms with Gasteiger partial charge in [0.15, 0.2) is 6.54 Å². The number of carbonyl (C=O) groups excluding carboxylic acids is 1. The summed E-state index contributed by atoms with van der Waals surface area (Å²) < 4.78 is 5.25. The van der Waals surface area contributed by atoms with Crippen LogP contribution in [0, 0.1) is 0 Å². The maximum Gasteiger partial charge on any atom is 0.282 e. The number of hydrogen-bond donors (Lipinski definition) is 2. The largest absolute Gasteiger partial charge is 0.497 e. The van der Waals surface area contributed by atoms with Gasteiger partial charge in [0.1, 0.15) is 38.5 Å². The first kappa shape index (κ1) is 21.2. The highest BCUT2D eigenvalue weighted by Crippen LogP contribution is 2.37. The van der Waals surface area contributed by atoms with Gasteiger partial charge in [0.2, 0.25) is 0 Å². The highest BCUT2D eigenvalue weighted by molar-refractivity contribution is 8.00. The van der Waals surface area contributed by atoms with Crippen molar-refractivity contribution in [1.29, 1.82) is 0 Å². The molecule has 0 radical (unpaired) electrons. The van der Waals surface area contributed by atoms with E-state index >= 15 is 0 Å². The number of fused-ring (bicyclic) bond motifs is 1. The molecule has 0 spiro atoms. The number of rotatable bonds is 5. The summed E-state index contributed by atoms with van der Waals surface area (Å²) in [6.07, 6.45) is 1.04. The second-order valence-electron chi connectivity index (χ2n) is 8.43. The van der Waals surface area contributed by atoms with Crippen molar-refractivity contribution in [2.24, 2.45) is 0 Å². The molecule has 5 nitrogen and oxygen atoms in total. The second-order valence-corrected chi connectivity index (χ2v) is 9.91. The number of thioether (sulfide) groups is 1. The van der Waals surface area contributed by atoms with E-state index in [2.05, 4.69) is 37.3 Å². The molecule has 30 heavy (non-hydrogen) atoms. The molecule has 4 rings (SSSR count). The van der Waals surface area contributed by atoms with E-state index in [1.165, 1.54) is 15.4 Å². The van der Waals surface area contributed by atoms with Crippen LogP contribution in [-0.4, -0.2) is 57.5 Å². The van der Waals surface area contributed by atoms with Crippen molar-refractivity contribution in [2.75, 3.05) is 51.3 Å². The van der Waals surface area contributed by atoms with E-state index in [1.807, 2.05) is 34.9 Å². The monoisotopic (exact) mass is 427 g/mol. The lowest BCUT2D eigenvalue weighted by Crippen LogP contribution is -3.28. The minimum atomic E-state index is 0.269. The molecular formula is C24H33N3O2S+2. The summed E-state index contributed by atoms with van der Waals surface area (Å²) in [6.45, 7) is 9.05. The highest BCUT2D eigenvalue weighted by Gasteiger charge is 2.29. The van der Waals surface area contributed by atoms with E-state index in [0.29, 0.717) is 11.8 Å². The van der Waals surface area contributed by atoms with Crippen molar-refractivity contribution in [3.63, 3.8) is 0 Å². The first-order valence-electron chi connectivity index (χ1n) is 11.0. The fourth-order valence-electron chi connectivity index (χ4n) is 4.40. The van der Waals surface area contributed by atoms with Crippen LogP contribution in [-0.2, 0) is 11.3 Å². The maximum absolute atomic E-state index is 13.2. The van der Waals surface area contributed by atoms with E-state index in [1.54, 1.807) is 12.0 Å². The number of nitrogens with zero attached hydrogens (tertiary/aromatic N) is 1. The minimum absolute atomic E-state index is 0.269. The van der Waals surface area contributed by atoms with Gasteiger partial charge in [0.05, 0.1) is 12.8 Å². The van der Waals surface area contributed by atoms with Crippen LogP contribution in [0.2, 0.25) is 0 Å². The number of carbonyl (C=O) groups is 1. The Kier molecular flexibility index (Phi) is 6.97. The number of hydrogen-bond acceptors (Lipinski definition) is 3. The van der Waals surface area contributed by atoms with Gasteiger partial charge in [-0.05, 0) is 42.8 Å². The van der Waals surface area contributed by atoms with E-state index in [0.717, 1.165) is 57.1 Å². The van der Waals surface area contributed by atoms with Crippen molar-refractivity contribution in [3.8, 4) is 5.75 Å². The van der Waals surface area contributed by atoms with Crippen LogP contribution in [0.5, 0.6) is 5.75 Å². The SMILES string of the molecule is COc1ccc(C[NH+]2CC[NH+](CC(=O)N3CC[C@H](C)Sc4ccccc43)CC2)cc1. The number of ether oxygens (including phenoxy) is 1. The third kappa shape index (κ3) is 5.17. The standard InChI is InChI=1S/C24H31N3O2S/c1-19-11-12-27(22-5-3-4-6-23(22)30-19)24(28)18-26-15-13-25(14-16-26)17-20-7-9-21(29-2)10-8-20/h3-10,19H,11-18H2,1-2H3/p+2/t19-/m0/s1. The van der Waals surface area contributed by atoms with E-state index < -0.39 is 0 Å². The number of benzene rings is 2. The fraction of sp³-hybridized carbons (Fsp3) is 0.458. The quantitative estimate of drug-likeness (QED) is 0.745. The molecule has 6 heteroatoms. The van der Waals surface area contributed by atoms with Gasteiger partial charge in [-0.15, -0.1) is 11.8 Å². The Bertz CT molecular complexity index is 850. The fourth-order valence-corrected chi connectivity index (χ4v) is 5.51. The molecule has 0 aliphatic carbocycles. The number of methoxy groups -OCH3 is 1. The smallest absolute Gasteiger partial charge is 0.282 e. The average Bonchev–Trinajstić information content (AvgIpc) is 2.94. The Morgan fingerprint density at radius 2 is 1.77 bits per heavy atom. The van der Waals surface area contributed by atoms with Gasteiger partial charge >= 0.3 is 0 Å². The van der Waals surface area contributed by atoms with E-state index in [9.17, 15) is 4.79 Å². The number of amides is 1. The summed E-state index contributed by atoms with van der Waals surface area (Å²) in [4.78, 5) is 19.5. The van der Waals surface area contributed by atoms with Crippen molar-refractivity contribution in [1.82, 2.24) is 0 Å². The Morgan fingerprint density at radius 1 is 1.07 bits per heavy atom. The normalized spacial score (nSPS) is 24.1. The number of quaternary nitrogens is 2. The van der Waals surface area contributed by atoms with Crippen molar-refractivity contribution in [3.05, 3.63) is 54.1 Å². The van der Waals surface area contributed by atoms with Crippen LogP contribution in [0.4, 0.5) is 5.69 Å². The summed E-state index contributed by atoms with van der Waals surface area (Å²) in [6, 6.07) is 16.8. The first-order chi connectivity index (χ1) is 14.6. The molecule has 2 heterocycles. The number of piperazine rings is 1. The minimum Gasteiger partial charge on any atom is -0.497 e. The average molecular weight is 428 g/mol. The van der Waals surface area contributed by atoms with Gasteiger partial charge in [-0.25, -0.2) is 0 Å². The lowest BCUT2D eigenvalue weighted by atomic mass is 10.2. The zero-order valence-corrected chi connectivity index (χ0v) is 18.8. The van der Waals surface area contributed by atoms with Gasteiger partial charge in [0, 0.05) is 22.3 Å². The van der Waals surface area contributed by atoms with Crippen LogP contribution in [0.3, 0.4) is 0 Å². The van der Waals surface area contributed by atoms with E-state index in [4.69, 9.17) is 4.74 Å². The molecule has 2 N–H and O–H groups in total. The molecule has 0 saturated carbocycles. The zero-order valence-electron chi connectivity index (χ0n) is 18.0. The number of para-hydroxylation sites is 1. The van der Waals surface area contributed by atoms with Gasteiger partial charge < -0.3 is 19.4 Å². The molecule has 1 fully saturated rings. The van der Waals surface area contributed by atoms with Gasteiger partial charge in [-0.2, -0.15) is 0 Å². The van der Waals surface area contributed by atoms with Crippen molar-refractivity contribution < 1.29 is 19.3 Å². The molecule has 2 aliphatic heterocycles. The van der Waals surface area contributed by atoms with Crippen LogP contribution in [0.15, 0.2) is 53.4 Å². The lowest BCUT2D eigenvalue weighted by Gasteiger charge is -2.31. The molecule has 1 atom stereocenters. The summed E-state index contributed by atoms with van der Waals surface area (Å²) >= 11 is 1.89. The Morgan fingerprint density at radius 3 is 2.50 bits per heavy atom. The summed E-state index contributed by atoms with van der Waals surface area (Å²) in [5.74, 6) is 1.18. The van der Waals surface area contributed by atoms with E-state index in [-0.39, 0.29) is 5.91 Å². The molecule has 2 aromatic rings. The third-order valence-corrected chi connectivity index (χ3v) is 7.46. The van der Waals surface area contributed by atoms with Crippen LogP contribution in [0.25, 0.3) is 0 Å². The predicted molar refractivity (Wildman–Crippen MR) is 122 cm³/mol. The van der Waals surface area contributed by atoms with Crippen LogP contribution >= 0.6 is 11.8 Å². The summed E-state index contributed by atoms with van der Waals surface area (Å²) in [5, 5.41) is 0.543. The summed E-state index contributed by atoms with van der Waals surface area (Å²) in [5.41, 5.74) is 2.44. The van der Waals surface area contributed by atoms with Crippen LogP contribution in [0.1, 0.15) is 18.9 Å². The molecule has 2 aromatic carbocycles. The molecule has 0 unspecified atom stereocenters. The molecule has 160 valence electrons. The maximum atomic E-state index is 13.2. The lowest BCUT2D eigenvalue weighted by molar-refractivity contribution is -1.02. The Balaban J connectivity index is 1.31. The van der Waals surface area contributed by atoms with Gasteiger partial charge in [0.25, 0.3) is 5.91 Å². The number of anilines is 1. The Hall–Kier alpha value is -2.02. The molecule has 1 amide bonds. The van der Waals surface area contributed by atoms with Crippen molar-refractivity contribution in [2.45, 2.75) is 30.0 Å². The van der Waals surface area contributed by atoms with Crippen LogP contribution < -0.4 is 19.4 Å². The Labute approximate surface area is 184 Å². The predicted octanol–water partition coefficient (Wildman–Crippen LogP) is 0.896. The molecular weight excluding hydrogens is 394 g/mol. The molecule has 0 aromatic heterocycles. The van der Waals surface area contributed by atoms with Crippen molar-refractivity contribution >= 4 is 23.4 Å². The topological polar surface area (TPSA) is 38.4 Å².